The molecule has 11 heteroatoms. The molecule has 2 aliphatic rings. The zero-order valence-electron chi connectivity index (χ0n) is 22.6. The standard InChI is InChI=1S/C28H35N7O3S/c1-21-11-15-35(28(21,2)3)26-23(6-5-12-30-26)27(36)32-39(37,38)25-8-4-7-24(31-25)34-18-16-33(17-19-34)20-22-9-13-29-14-10-22/h4-10,12-14,21H,11,15-20H2,1-3H3,(H,32,36). The van der Waals surface area contributed by atoms with Gasteiger partial charge >= 0.3 is 0 Å². The number of hydrogen-bond donors (Lipinski definition) is 1. The molecule has 1 N–H and O–H groups in total. The number of nitrogens with zero attached hydrogens (tertiary/aromatic N) is 6. The van der Waals surface area contributed by atoms with Crippen molar-refractivity contribution >= 4 is 27.6 Å². The Balaban J connectivity index is 1.28. The number of carbonyl (C=O) groups excluding carboxylic acids is 1. The first-order valence-electron chi connectivity index (χ1n) is 13.3. The van der Waals surface area contributed by atoms with Gasteiger partial charge in [-0.25, -0.2) is 14.7 Å². The number of piperazine rings is 1. The van der Waals surface area contributed by atoms with Crippen molar-refractivity contribution in [3.8, 4) is 0 Å². The van der Waals surface area contributed by atoms with Crippen LogP contribution < -0.4 is 14.5 Å². The van der Waals surface area contributed by atoms with Crippen LogP contribution in [0.5, 0.6) is 0 Å². The Bertz CT molecular complexity index is 1420. The summed E-state index contributed by atoms with van der Waals surface area (Å²) in [5.41, 5.74) is 1.23. The van der Waals surface area contributed by atoms with E-state index in [4.69, 9.17) is 0 Å². The second-order valence-electron chi connectivity index (χ2n) is 10.8. The van der Waals surface area contributed by atoms with Gasteiger partial charge in [0, 0.05) is 63.4 Å². The highest BCUT2D eigenvalue weighted by atomic mass is 32.2. The molecule has 10 nitrogen and oxygen atoms in total. The van der Waals surface area contributed by atoms with Crippen LogP contribution >= 0.6 is 0 Å². The molecule has 0 saturated carbocycles. The largest absolute Gasteiger partial charge is 0.354 e. The molecule has 1 amide bonds. The lowest BCUT2D eigenvalue weighted by Gasteiger charge is -2.36. The molecule has 2 aliphatic heterocycles. The minimum Gasteiger partial charge on any atom is -0.354 e. The van der Waals surface area contributed by atoms with Crippen molar-refractivity contribution in [1.29, 1.82) is 0 Å². The Labute approximate surface area is 230 Å². The van der Waals surface area contributed by atoms with Gasteiger partial charge in [-0.2, -0.15) is 8.42 Å². The molecular formula is C28H35N7O3S. The predicted octanol–water partition coefficient (Wildman–Crippen LogP) is 2.94. The second-order valence-corrected chi connectivity index (χ2v) is 12.4. The van der Waals surface area contributed by atoms with Crippen molar-refractivity contribution in [2.45, 2.75) is 44.3 Å². The number of pyridine rings is 3. The molecule has 3 aromatic rings. The van der Waals surface area contributed by atoms with E-state index in [1.807, 2.05) is 12.1 Å². The molecule has 0 aromatic carbocycles. The fourth-order valence-corrected chi connectivity index (χ4v) is 6.17. The van der Waals surface area contributed by atoms with Gasteiger partial charge in [0.25, 0.3) is 15.9 Å². The van der Waals surface area contributed by atoms with Crippen LogP contribution in [-0.2, 0) is 16.6 Å². The number of hydrogen-bond acceptors (Lipinski definition) is 9. The second kappa shape index (κ2) is 10.9. The van der Waals surface area contributed by atoms with Crippen molar-refractivity contribution in [3.05, 3.63) is 72.2 Å². The van der Waals surface area contributed by atoms with E-state index in [0.717, 1.165) is 45.7 Å². The number of anilines is 2. The van der Waals surface area contributed by atoms with Crippen LogP contribution in [0, 0.1) is 5.92 Å². The van der Waals surface area contributed by atoms with Crippen LogP contribution in [0.15, 0.2) is 66.1 Å². The first-order valence-corrected chi connectivity index (χ1v) is 14.8. The number of carbonyl (C=O) groups is 1. The monoisotopic (exact) mass is 549 g/mol. The summed E-state index contributed by atoms with van der Waals surface area (Å²) in [5, 5.41) is -0.187. The van der Waals surface area contributed by atoms with Gasteiger partial charge in [-0.3, -0.25) is 14.7 Å². The van der Waals surface area contributed by atoms with Crippen LogP contribution in [0.2, 0.25) is 0 Å². The summed E-state index contributed by atoms with van der Waals surface area (Å²) in [6, 6.07) is 12.2. The zero-order chi connectivity index (χ0) is 27.6. The molecule has 206 valence electrons. The smallest absolute Gasteiger partial charge is 0.281 e. The zero-order valence-corrected chi connectivity index (χ0v) is 23.4. The summed E-state index contributed by atoms with van der Waals surface area (Å²) in [4.78, 5) is 32.7. The molecule has 1 unspecified atom stereocenters. The number of aromatic nitrogens is 3. The molecule has 2 saturated heterocycles. The van der Waals surface area contributed by atoms with E-state index in [9.17, 15) is 13.2 Å². The van der Waals surface area contributed by atoms with E-state index in [0.29, 0.717) is 17.6 Å². The van der Waals surface area contributed by atoms with E-state index >= 15 is 0 Å². The van der Waals surface area contributed by atoms with Gasteiger partial charge in [0.15, 0.2) is 5.03 Å². The van der Waals surface area contributed by atoms with Gasteiger partial charge in [0.05, 0.1) is 5.56 Å². The Morgan fingerprint density at radius 3 is 2.44 bits per heavy atom. The van der Waals surface area contributed by atoms with Crippen LogP contribution in [0.25, 0.3) is 0 Å². The number of rotatable bonds is 7. The van der Waals surface area contributed by atoms with E-state index < -0.39 is 15.9 Å². The summed E-state index contributed by atoms with van der Waals surface area (Å²) in [7, 11) is -4.20. The van der Waals surface area contributed by atoms with Gasteiger partial charge < -0.3 is 9.80 Å². The molecule has 1 atom stereocenters. The summed E-state index contributed by atoms with van der Waals surface area (Å²) in [5.74, 6) is 0.753. The molecule has 39 heavy (non-hydrogen) atoms. The molecule has 0 spiro atoms. The Hall–Kier alpha value is -3.57. The topological polar surface area (TPSA) is 112 Å². The Kier molecular flexibility index (Phi) is 7.55. The number of nitrogens with one attached hydrogen (secondary N) is 1. The average molecular weight is 550 g/mol. The highest BCUT2D eigenvalue weighted by Crippen LogP contribution is 2.38. The van der Waals surface area contributed by atoms with Crippen molar-refractivity contribution < 1.29 is 13.2 Å². The summed E-state index contributed by atoms with van der Waals surface area (Å²) < 4.78 is 28.7. The average Bonchev–Trinajstić information content (AvgIpc) is 3.21. The third-order valence-electron chi connectivity index (χ3n) is 8.04. The lowest BCUT2D eigenvalue weighted by Crippen LogP contribution is -2.46. The normalized spacial score (nSPS) is 19.7. The van der Waals surface area contributed by atoms with E-state index in [-0.39, 0.29) is 16.1 Å². The van der Waals surface area contributed by atoms with Crippen molar-refractivity contribution in [3.63, 3.8) is 0 Å². The van der Waals surface area contributed by atoms with Crippen LogP contribution in [0.3, 0.4) is 0 Å². The SMILES string of the molecule is CC1CCN(c2ncccc2C(=O)NS(=O)(=O)c2cccc(N3CCN(Cc4ccncc4)CC3)n2)C1(C)C. The molecule has 3 aromatic heterocycles. The molecule has 2 fully saturated rings. The van der Waals surface area contributed by atoms with Gasteiger partial charge in [-0.05, 0) is 68.1 Å². The summed E-state index contributed by atoms with van der Waals surface area (Å²) in [6.07, 6.45) is 6.19. The van der Waals surface area contributed by atoms with E-state index in [1.165, 1.54) is 11.6 Å². The highest BCUT2D eigenvalue weighted by molar-refractivity contribution is 7.90. The molecular weight excluding hydrogens is 514 g/mol. The van der Waals surface area contributed by atoms with Crippen LogP contribution in [0.4, 0.5) is 11.6 Å². The minimum atomic E-state index is -4.20. The maximum Gasteiger partial charge on any atom is 0.281 e. The lowest BCUT2D eigenvalue weighted by molar-refractivity contribution is 0.0981. The fraction of sp³-hybridized carbons (Fsp3) is 0.429. The predicted molar refractivity (Wildman–Crippen MR) is 150 cm³/mol. The van der Waals surface area contributed by atoms with Crippen molar-refractivity contribution in [2.24, 2.45) is 5.92 Å². The van der Waals surface area contributed by atoms with Crippen molar-refractivity contribution in [1.82, 2.24) is 24.6 Å². The van der Waals surface area contributed by atoms with Gasteiger partial charge in [0.2, 0.25) is 0 Å². The third kappa shape index (κ3) is 5.74. The van der Waals surface area contributed by atoms with Gasteiger partial charge in [-0.15, -0.1) is 0 Å². The molecule has 0 radical (unpaired) electrons. The summed E-state index contributed by atoms with van der Waals surface area (Å²) >= 11 is 0. The molecule has 0 aliphatic carbocycles. The van der Waals surface area contributed by atoms with Crippen LogP contribution in [-0.4, -0.2) is 72.4 Å². The van der Waals surface area contributed by atoms with Crippen LogP contribution in [0.1, 0.15) is 43.1 Å². The Morgan fingerprint density at radius 1 is 1.00 bits per heavy atom. The lowest BCUT2D eigenvalue weighted by atomic mass is 9.90. The van der Waals surface area contributed by atoms with Crippen molar-refractivity contribution in [2.75, 3.05) is 42.5 Å². The van der Waals surface area contributed by atoms with Gasteiger partial charge in [0.1, 0.15) is 11.6 Å². The third-order valence-corrected chi connectivity index (χ3v) is 9.27. The quantitative estimate of drug-likeness (QED) is 0.475. The van der Waals surface area contributed by atoms with E-state index in [2.05, 4.69) is 55.1 Å². The first kappa shape index (κ1) is 27.0. The molecule has 5 rings (SSSR count). The first-order chi connectivity index (χ1) is 18.6. The maximum absolute atomic E-state index is 13.3. The fourth-order valence-electron chi connectivity index (χ4n) is 5.24. The molecule has 0 bridgehead atoms. The maximum atomic E-state index is 13.3. The number of amides is 1. The number of sulfonamides is 1. The molecule has 5 heterocycles. The summed E-state index contributed by atoms with van der Waals surface area (Å²) in [6.45, 7) is 11.1. The Morgan fingerprint density at radius 2 is 1.74 bits per heavy atom. The minimum absolute atomic E-state index is 0.187. The van der Waals surface area contributed by atoms with Gasteiger partial charge in [-0.1, -0.05) is 13.0 Å². The highest BCUT2D eigenvalue weighted by Gasteiger charge is 2.40. The van der Waals surface area contributed by atoms with E-state index in [1.54, 1.807) is 42.9 Å².